The molecular formula is C18H23IN6O2. The fraction of sp³-hybridized carbons (Fsp3) is 0.389. The number of ether oxygens (including phenoxy) is 2. The molecule has 0 bridgehead atoms. The van der Waals surface area contributed by atoms with Crippen molar-refractivity contribution in [2.24, 2.45) is 4.99 Å². The minimum absolute atomic E-state index is 0. The van der Waals surface area contributed by atoms with E-state index in [1.807, 2.05) is 31.3 Å². The molecule has 27 heavy (non-hydrogen) atoms. The van der Waals surface area contributed by atoms with E-state index in [-0.39, 0.29) is 24.0 Å². The average Bonchev–Trinajstić information content (AvgIpc) is 3.17. The maximum absolute atomic E-state index is 5.43. The number of nitrogens with zero attached hydrogens (tertiary/aromatic N) is 5. The van der Waals surface area contributed by atoms with Crippen molar-refractivity contribution in [3.63, 3.8) is 0 Å². The van der Waals surface area contributed by atoms with Crippen molar-refractivity contribution in [3.05, 3.63) is 42.2 Å². The largest absolute Gasteiger partial charge is 0.454 e. The van der Waals surface area contributed by atoms with E-state index in [1.165, 1.54) is 0 Å². The second-order valence-corrected chi connectivity index (χ2v) is 6.11. The van der Waals surface area contributed by atoms with E-state index in [1.54, 1.807) is 12.4 Å². The van der Waals surface area contributed by atoms with Crippen LogP contribution in [0.3, 0.4) is 0 Å². The molecular weight excluding hydrogens is 459 g/mol. The lowest BCUT2D eigenvalue weighted by molar-refractivity contribution is 0.174. The number of fused-ring (bicyclic) bond motifs is 1. The van der Waals surface area contributed by atoms with Gasteiger partial charge in [0.2, 0.25) is 12.7 Å². The number of aliphatic imine (C=N–C) groups is 1. The summed E-state index contributed by atoms with van der Waals surface area (Å²) in [4.78, 5) is 17.5. The van der Waals surface area contributed by atoms with Crippen LogP contribution in [0, 0.1) is 0 Å². The molecule has 0 radical (unpaired) electrons. The summed E-state index contributed by atoms with van der Waals surface area (Å²) in [5.41, 5.74) is 1.13. The molecule has 2 aromatic rings. The quantitative estimate of drug-likeness (QED) is 0.406. The SMILES string of the molecule is CN=C(NCc1ccc2c(c1)OCO2)N1CCN(c2ncccn2)CC1.I. The molecule has 1 aromatic heterocycles. The van der Waals surface area contributed by atoms with Crippen molar-refractivity contribution in [1.82, 2.24) is 20.2 Å². The Morgan fingerprint density at radius 1 is 1.11 bits per heavy atom. The first kappa shape index (κ1) is 19.5. The third-order valence-corrected chi connectivity index (χ3v) is 4.51. The monoisotopic (exact) mass is 482 g/mol. The van der Waals surface area contributed by atoms with Gasteiger partial charge in [-0.1, -0.05) is 6.07 Å². The smallest absolute Gasteiger partial charge is 0.231 e. The lowest BCUT2D eigenvalue weighted by atomic mass is 10.2. The molecule has 0 amide bonds. The third kappa shape index (κ3) is 4.52. The molecule has 8 nitrogen and oxygen atoms in total. The number of rotatable bonds is 3. The van der Waals surface area contributed by atoms with Crippen molar-refractivity contribution in [2.75, 3.05) is 44.9 Å². The van der Waals surface area contributed by atoms with Crippen LogP contribution < -0.4 is 19.7 Å². The Morgan fingerprint density at radius 2 is 1.85 bits per heavy atom. The number of anilines is 1. The summed E-state index contributed by atoms with van der Waals surface area (Å²) in [6.07, 6.45) is 3.56. The van der Waals surface area contributed by atoms with Crippen molar-refractivity contribution in [1.29, 1.82) is 0 Å². The molecule has 0 saturated carbocycles. The highest BCUT2D eigenvalue weighted by Crippen LogP contribution is 2.32. The van der Waals surface area contributed by atoms with Gasteiger partial charge in [-0.2, -0.15) is 0 Å². The second kappa shape index (κ2) is 9.07. The van der Waals surface area contributed by atoms with Crippen LogP contribution in [-0.2, 0) is 6.54 Å². The van der Waals surface area contributed by atoms with Gasteiger partial charge < -0.3 is 24.6 Å². The zero-order chi connectivity index (χ0) is 17.8. The van der Waals surface area contributed by atoms with E-state index >= 15 is 0 Å². The Balaban J connectivity index is 0.00000210. The highest BCUT2D eigenvalue weighted by Gasteiger charge is 2.21. The standard InChI is InChI=1S/C18H22N6O2.HI/c1-19-17(22-12-14-3-4-15-16(11-14)26-13-25-15)23-7-9-24(10-8-23)18-20-5-2-6-21-18;/h2-6,11H,7-10,12-13H2,1H3,(H,19,22);1H. The van der Waals surface area contributed by atoms with Crippen molar-refractivity contribution >= 4 is 35.9 Å². The van der Waals surface area contributed by atoms with Crippen LogP contribution in [0.5, 0.6) is 11.5 Å². The lowest BCUT2D eigenvalue weighted by Gasteiger charge is -2.36. The number of halogens is 1. The van der Waals surface area contributed by atoms with E-state index in [4.69, 9.17) is 9.47 Å². The molecule has 2 aliphatic rings. The number of benzene rings is 1. The van der Waals surface area contributed by atoms with Crippen LogP contribution in [-0.4, -0.2) is 60.8 Å². The predicted molar refractivity (Wildman–Crippen MR) is 114 cm³/mol. The van der Waals surface area contributed by atoms with Crippen LogP contribution >= 0.6 is 24.0 Å². The molecule has 1 fully saturated rings. The third-order valence-electron chi connectivity index (χ3n) is 4.51. The maximum Gasteiger partial charge on any atom is 0.231 e. The topological polar surface area (TPSA) is 75.1 Å². The summed E-state index contributed by atoms with van der Waals surface area (Å²) in [6.45, 7) is 4.47. The van der Waals surface area contributed by atoms with Crippen LogP contribution in [0.15, 0.2) is 41.7 Å². The number of nitrogens with one attached hydrogen (secondary N) is 1. The molecule has 2 aliphatic heterocycles. The zero-order valence-corrected chi connectivity index (χ0v) is 17.5. The Hall–Kier alpha value is -2.30. The van der Waals surface area contributed by atoms with Gasteiger partial charge in [-0.25, -0.2) is 9.97 Å². The minimum Gasteiger partial charge on any atom is -0.454 e. The number of guanidine groups is 1. The first-order valence-electron chi connectivity index (χ1n) is 8.69. The van der Waals surface area contributed by atoms with Crippen molar-refractivity contribution < 1.29 is 9.47 Å². The first-order chi connectivity index (χ1) is 12.8. The average molecular weight is 482 g/mol. The zero-order valence-electron chi connectivity index (χ0n) is 15.2. The van der Waals surface area contributed by atoms with Gasteiger partial charge in [0.15, 0.2) is 17.5 Å². The number of aromatic nitrogens is 2. The van der Waals surface area contributed by atoms with Gasteiger partial charge in [-0.05, 0) is 23.8 Å². The summed E-state index contributed by atoms with van der Waals surface area (Å²) in [6, 6.07) is 7.83. The summed E-state index contributed by atoms with van der Waals surface area (Å²) in [7, 11) is 1.81. The van der Waals surface area contributed by atoms with Gasteiger partial charge in [0.1, 0.15) is 0 Å². The first-order valence-corrected chi connectivity index (χ1v) is 8.69. The summed E-state index contributed by atoms with van der Waals surface area (Å²) in [5.74, 6) is 3.29. The molecule has 9 heteroatoms. The molecule has 3 heterocycles. The van der Waals surface area contributed by atoms with Gasteiger partial charge in [0, 0.05) is 52.2 Å². The minimum atomic E-state index is 0. The Kier molecular flexibility index (Phi) is 6.54. The van der Waals surface area contributed by atoms with E-state index in [0.29, 0.717) is 13.3 Å². The van der Waals surface area contributed by atoms with Crippen LogP contribution in [0.1, 0.15) is 5.56 Å². The maximum atomic E-state index is 5.43. The Bertz CT molecular complexity index is 781. The number of piperazine rings is 1. The molecule has 0 spiro atoms. The molecule has 0 unspecified atom stereocenters. The van der Waals surface area contributed by atoms with E-state index in [2.05, 4.69) is 30.1 Å². The molecule has 1 N–H and O–H groups in total. The van der Waals surface area contributed by atoms with Crippen LogP contribution in [0.25, 0.3) is 0 Å². The highest BCUT2D eigenvalue weighted by molar-refractivity contribution is 14.0. The summed E-state index contributed by atoms with van der Waals surface area (Å²) < 4.78 is 10.8. The molecule has 1 saturated heterocycles. The van der Waals surface area contributed by atoms with Crippen LogP contribution in [0.4, 0.5) is 5.95 Å². The van der Waals surface area contributed by atoms with Gasteiger partial charge in [0.05, 0.1) is 0 Å². The second-order valence-electron chi connectivity index (χ2n) is 6.11. The van der Waals surface area contributed by atoms with Gasteiger partial charge >= 0.3 is 0 Å². The summed E-state index contributed by atoms with van der Waals surface area (Å²) in [5, 5.41) is 3.43. The Labute approximate surface area is 175 Å². The van der Waals surface area contributed by atoms with Crippen LogP contribution in [0.2, 0.25) is 0 Å². The van der Waals surface area contributed by atoms with Gasteiger partial charge in [-0.15, -0.1) is 24.0 Å². The van der Waals surface area contributed by atoms with E-state index in [0.717, 1.165) is 55.1 Å². The molecule has 0 atom stereocenters. The number of hydrogen-bond acceptors (Lipinski definition) is 6. The predicted octanol–water partition coefficient (Wildman–Crippen LogP) is 1.72. The highest BCUT2D eigenvalue weighted by atomic mass is 127. The lowest BCUT2D eigenvalue weighted by Crippen LogP contribution is -2.52. The van der Waals surface area contributed by atoms with Crippen molar-refractivity contribution in [2.45, 2.75) is 6.54 Å². The normalized spacial score (nSPS) is 16.1. The summed E-state index contributed by atoms with van der Waals surface area (Å²) >= 11 is 0. The Morgan fingerprint density at radius 3 is 2.59 bits per heavy atom. The van der Waals surface area contributed by atoms with Crippen molar-refractivity contribution in [3.8, 4) is 11.5 Å². The molecule has 144 valence electrons. The molecule has 0 aliphatic carbocycles. The van der Waals surface area contributed by atoms with Gasteiger partial charge in [-0.3, -0.25) is 4.99 Å². The van der Waals surface area contributed by atoms with Gasteiger partial charge in [0.25, 0.3) is 0 Å². The number of hydrogen-bond donors (Lipinski definition) is 1. The fourth-order valence-corrected chi connectivity index (χ4v) is 3.14. The fourth-order valence-electron chi connectivity index (χ4n) is 3.14. The molecule has 1 aromatic carbocycles. The van der Waals surface area contributed by atoms with E-state index < -0.39 is 0 Å². The molecule has 4 rings (SSSR count). The van der Waals surface area contributed by atoms with E-state index in [9.17, 15) is 0 Å².